The van der Waals surface area contributed by atoms with Crippen LogP contribution in [0.1, 0.15) is 24.2 Å². The molecule has 0 aliphatic rings. The van der Waals surface area contributed by atoms with Gasteiger partial charge in [-0.2, -0.15) is 0 Å². The van der Waals surface area contributed by atoms with Gasteiger partial charge >= 0.3 is 0 Å². The number of carbonyl (C=O) groups excluding carboxylic acids is 1. The van der Waals surface area contributed by atoms with E-state index in [9.17, 15) is 14.0 Å². The Labute approximate surface area is 174 Å². The van der Waals surface area contributed by atoms with Gasteiger partial charge in [0.2, 0.25) is 0 Å². The monoisotopic (exact) mass is 412 g/mol. The van der Waals surface area contributed by atoms with Gasteiger partial charge < -0.3 is 18.9 Å². The lowest BCUT2D eigenvalue weighted by Gasteiger charge is -2.21. The molecule has 0 saturated carbocycles. The topological polar surface area (TPSA) is 60.8 Å². The number of carbonyl (C=O) groups is 1. The van der Waals surface area contributed by atoms with Gasteiger partial charge in [-0.05, 0) is 30.2 Å². The first-order valence-electron chi connectivity index (χ1n) is 9.60. The van der Waals surface area contributed by atoms with Crippen LogP contribution in [0.4, 0.5) is 10.1 Å². The summed E-state index contributed by atoms with van der Waals surface area (Å²) in [6.45, 7) is 4.41. The van der Waals surface area contributed by atoms with Crippen LogP contribution in [-0.2, 0) is 6.54 Å². The summed E-state index contributed by atoms with van der Waals surface area (Å²) in [5.41, 5.74) is 0.194. The smallest absolute Gasteiger partial charge is 0.260 e. The highest BCUT2D eigenvalue weighted by Crippen LogP contribution is 2.33. The zero-order chi connectivity index (χ0) is 22.0. The number of nitrogens with zero attached hydrogens (tertiary/aromatic N) is 2. The zero-order valence-corrected chi connectivity index (χ0v) is 17.7. The minimum absolute atomic E-state index is 0.151. The van der Waals surface area contributed by atoms with Crippen molar-refractivity contribution < 1.29 is 18.7 Å². The van der Waals surface area contributed by atoms with E-state index in [1.165, 1.54) is 49.1 Å². The van der Waals surface area contributed by atoms with E-state index >= 15 is 0 Å². The predicted octanol–water partition coefficient (Wildman–Crippen LogP) is 4.09. The lowest BCUT2D eigenvalue weighted by molar-refractivity contribution is 0.0993. The van der Waals surface area contributed by atoms with Crippen molar-refractivity contribution in [3.63, 3.8) is 0 Å². The van der Waals surface area contributed by atoms with Gasteiger partial charge in [-0.3, -0.25) is 9.59 Å². The summed E-state index contributed by atoms with van der Waals surface area (Å²) in [5, 5.41) is 0.756. The minimum Gasteiger partial charge on any atom is -0.493 e. The first-order chi connectivity index (χ1) is 14.3. The van der Waals surface area contributed by atoms with Crippen LogP contribution in [-0.4, -0.2) is 31.7 Å². The van der Waals surface area contributed by atoms with Crippen LogP contribution in [0.5, 0.6) is 11.5 Å². The number of hydrogen-bond donors (Lipinski definition) is 0. The molecule has 6 nitrogen and oxygen atoms in total. The van der Waals surface area contributed by atoms with Crippen LogP contribution < -0.4 is 19.9 Å². The van der Waals surface area contributed by atoms with E-state index in [-0.39, 0.29) is 22.7 Å². The van der Waals surface area contributed by atoms with Crippen LogP contribution in [0.25, 0.3) is 10.8 Å². The lowest BCUT2D eigenvalue weighted by Crippen LogP contribution is -2.30. The summed E-state index contributed by atoms with van der Waals surface area (Å²) in [6.07, 6.45) is 1.54. The molecule has 1 aromatic heterocycles. The number of amides is 1. The molecule has 3 aromatic rings. The van der Waals surface area contributed by atoms with Gasteiger partial charge in [0.1, 0.15) is 5.82 Å². The second kappa shape index (κ2) is 8.57. The van der Waals surface area contributed by atoms with E-state index in [0.717, 1.165) is 0 Å². The number of rotatable bonds is 6. The molecule has 0 saturated heterocycles. The van der Waals surface area contributed by atoms with Crippen LogP contribution >= 0.6 is 0 Å². The average molecular weight is 412 g/mol. The molecular weight excluding hydrogens is 387 g/mol. The van der Waals surface area contributed by atoms with Crippen molar-refractivity contribution in [1.82, 2.24) is 4.57 Å². The molecule has 0 radical (unpaired) electrons. The van der Waals surface area contributed by atoms with Crippen molar-refractivity contribution >= 4 is 22.4 Å². The highest BCUT2D eigenvalue weighted by Gasteiger charge is 2.23. The largest absolute Gasteiger partial charge is 0.493 e. The Kier molecular flexibility index (Phi) is 6.10. The number of anilines is 1. The number of benzene rings is 2. The molecule has 2 aromatic carbocycles. The van der Waals surface area contributed by atoms with Gasteiger partial charge in [0.25, 0.3) is 11.5 Å². The van der Waals surface area contributed by atoms with E-state index in [2.05, 4.69) is 0 Å². The third-order valence-corrected chi connectivity index (χ3v) is 4.90. The number of halogens is 1. The number of methoxy groups -OCH3 is 2. The molecule has 0 fully saturated rings. The first kappa shape index (κ1) is 21.4. The molecule has 0 spiro atoms. The van der Waals surface area contributed by atoms with Crippen LogP contribution in [0, 0.1) is 11.7 Å². The fourth-order valence-corrected chi connectivity index (χ4v) is 3.43. The van der Waals surface area contributed by atoms with Crippen molar-refractivity contribution in [2.75, 3.05) is 26.2 Å². The Bertz CT molecular complexity index is 1150. The Morgan fingerprint density at radius 2 is 1.70 bits per heavy atom. The molecule has 0 atom stereocenters. The van der Waals surface area contributed by atoms with Gasteiger partial charge in [0, 0.05) is 25.2 Å². The number of fused-ring (bicyclic) bond motifs is 1. The summed E-state index contributed by atoms with van der Waals surface area (Å²) >= 11 is 0. The fourth-order valence-electron chi connectivity index (χ4n) is 3.43. The molecule has 0 aliphatic carbocycles. The Morgan fingerprint density at radius 1 is 1.10 bits per heavy atom. The maximum Gasteiger partial charge on any atom is 0.260 e. The van der Waals surface area contributed by atoms with Gasteiger partial charge in [-0.15, -0.1) is 0 Å². The van der Waals surface area contributed by atoms with Crippen molar-refractivity contribution in [2.24, 2.45) is 5.92 Å². The van der Waals surface area contributed by atoms with Crippen molar-refractivity contribution in [2.45, 2.75) is 20.4 Å². The van der Waals surface area contributed by atoms with Crippen molar-refractivity contribution in [3.05, 3.63) is 64.3 Å². The Hall–Kier alpha value is -3.35. The fraction of sp³-hybridized carbons (Fsp3) is 0.304. The van der Waals surface area contributed by atoms with Crippen molar-refractivity contribution in [1.29, 1.82) is 0 Å². The Morgan fingerprint density at radius 3 is 2.27 bits per heavy atom. The first-order valence-corrected chi connectivity index (χ1v) is 9.60. The summed E-state index contributed by atoms with van der Waals surface area (Å²) in [6, 6.07) is 9.24. The van der Waals surface area contributed by atoms with Crippen LogP contribution in [0.3, 0.4) is 0 Å². The number of aromatic nitrogens is 1. The molecule has 3 rings (SSSR count). The highest BCUT2D eigenvalue weighted by atomic mass is 19.1. The number of hydrogen-bond acceptors (Lipinski definition) is 4. The number of ether oxygens (including phenoxy) is 2. The molecule has 1 heterocycles. The van der Waals surface area contributed by atoms with Gasteiger partial charge in [-0.25, -0.2) is 4.39 Å². The van der Waals surface area contributed by atoms with Crippen molar-refractivity contribution in [3.8, 4) is 11.5 Å². The SMILES string of the molecule is COc1cc2c(C(=O)N(C)c3ccccc3F)cn(CC(C)C)c(=O)c2cc1OC. The molecule has 0 aliphatic heterocycles. The predicted molar refractivity (Wildman–Crippen MR) is 115 cm³/mol. The van der Waals surface area contributed by atoms with Crippen LogP contribution in [0.2, 0.25) is 0 Å². The van der Waals surface area contributed by atoms with E-state index < -0.39 is 11.7 Å². The Balaban J connectivity index is 2.28. The average Bonchev–Trinajstić information content (AvgIpc) is 2.73. The third-order valence-electron chi connectivity index (χ3n) is 4.90. The molecular formula is C23H25FN2O4. The summed E-state index contributed by atoms with van der Waals surface area (Å²) in [4.78, 5) is 27.7. The minimum atomic E-state index is -0.507. The van der Waals surface area contributed by atoms with Crippen LogP contribution in [0.15, 0.2) is 47.4 Å². The maximum absolute atomic E-state index is 14.3. The van der Waals surface area contributed by atoms with E-state index in [1.807, 2.05) is 13.8 Å². The normalized spacial score (nSPS) is 11.0. The van der Waals surface area contributed by atoms with E-state index in [0.29, 0.717) is 28.8 Å². The molecule has 158 valence electrons. The lowest BCUT2D eigenvalue weighted by atomic mass is 10.0. The number of pyridine rings is 1. The van der Waals surface area contributed by atoms with E-state index in [1.54, 1.807) is 24.3 Å². The summed E-state index contributed by atoms with van der Waals surface area (Å²) in [7, 11) is 4.47. The summed E-state index contributed by atoms with van der Waals surface area (Å²) < 4.78 is 26.5. The number of para-hydroxylation sites is 1. The highest BCUT2D eigenvalue weighted by molar-refractivity contribution is 6.14. The quantitative estimate of drug-likeness (QED) is 0.612. The second-order valence-corrected chi connectivity index (χ2v) is 7.46. The molecule has 0 unspecified atom stereocenters. The second-order valence-electron chi connectivity index (χ2n) is 7.46. The molecule has 0 N–H and O–H groups in total. The molecule has 7 heteroatoms. The molecule has 30 heavy (non-hydrogen) atoms. The summed E-state index contributed by atoms with van der Waals surface area (Å²) in [5.74, 6) is 0.0358. The maximum atomic E-state index is 14.3. The van der Waals surface area contributed by atoms with Gasteiger partial charge in [0.05, 0.1) is 30.9 Å². The third kappa shape index (κ3) is 3.87. The molecule has 0 bridgehead atoms. The molecule has 1 amide bonds. The van der Waals surface area contributed by atoms with Gasteiger partial charge in [0.15, 0.2) is 11.5 Å². The van der Waals surface area contributed by atoms with E-state index in [4.69, 9.17) is 9.47 Å². The zero-order valence-electron chi connectivity index (χ0n) is 17.7. The van der Waals surface area contributed by atoms with Gasteiger partial charge in [-0.1, -0.05) is 26.0 Å². The standard InChI is InChI=1S/C23H25FN2O4/c1-14(2)12-26-13-17(22(27)25(3)19-9-7-6-8-18(19)24)15-10-20(29-4)21(30-5)11-16(15)23(26)28/h6-11,13-14H,12H2,1-5H3.